The molecule has 8 heteroatoms. The van der Waals surface area contributed by atoms with E-state index in [9.17, 15) is 18.0 Å². The van der Waals surface area contributed by atoms with Gasteiger partial charge in [-0.05, 0) is 36.2 Å². The van der Waals surface area contributed by atoms with Gasteiger partial charge in [0.25, 0.3) is 5.91 Å². The highest BCUT2D eigenvalue weighted by Crippen LogP contribution is 2.14. The average Bonchev–Trinajstić information content (AvgIpc) is 2.61. The lowest BCUT2D eigenvalue weighted by Gasteiger charge is -2.12. The number of amides is 2. The van der Waals surface area contributed by atoms with E-state index < -0.39 is 15.9 Å². The summed E-state index contributed by atoms with van der Waals surface area (Å²) in [6, 6.07) is 13.1. The van der Waals surface area contributed by atoms with Gasteiger partial charge in [0.2, 0.25) is 15.9 Å². The molecule has 0 aromatic heterocycles. The van der Waals surface area contributed by atoms with Gasteiger partial charge in [-0.25, -0.2) is 12.7 Å². The van der Waals surface area contributed by atoms with Gasteiger partial charge in [0.15, 0.2) is 0 Å². The molecule has 0 bridgehead atoms. The van der Waals surface area contributed by atoms with Gasteiger partial charge in [-0.1, -0.05) is 30.3 Å². The maximum Gasteiger partial charge on any atom is 0.269 e. The summed E-state index contributed by atoms with van der Waals surface area (Å²) in [6.07, 6.45) is 0.127. The van der Waals surface area contributed by atoms with Gasteiger partial charge in [-0.3, -0.25) is 20.4 Å². The van der Waals surface area contributed by atoms with Crippen LogP contribution in [0.15, 0.2) is 53.4 Å². The van der Waals surface area contributed by atoms with Gasteiger partial charge in [0.1, 0.15) is 0 Å². The summed E-state index contributed by atoms with van der Waals surface area (Å²) >= 11 is 0. The lowest BCUT2D eigenvalue weighted by molar-refractivity contribution is -0.121. The van der Waals surface area contributed by atoms with Crippen LogP contribution < -0.4 is 10.9 Å². The number of carbonyl (C=O) groups is 2. The molecule has 2 aromatic carbocycles. The normalized spacial score (nSPS) is 11.2. The van der Waals surface area contributed by atoms with Crippen molar-refractivity contribution in [1.82, 2.24) is 15.2 Å². The Balaban J connectivity index is 2.02. The lowest BCUT2D eigenvalue weighted by atomic mass is 10.1. The number of aryl methyl sites for hydroxylation is 1. The quantitative estimate of drug-likeness (QED) is 0.769. The second-order valence-corrected chi connectivity index (χ2v) is 8.07. The van der Waals surface area contributed by atoms with Crippen molar-refractivity contribution >= 4 is 21.8 Å². The molecule has 0 aliphatic rings. The van der Waals surface area contributed by atoms with Crippen LogP contribution in [0.2, 0.25) is 0 Å². The van der Waals surface area contributed by atoms with Gasteiger partial charge in [-0.15, -0.1) is 0 Å². The zero-order valence-electron chi connectivity index (χ0n) is 14.8. The number of rotatable bonds is 5. The molecule has 0 spiro atoms. The van der Waals surface area contributed by atoms with Crippen LogP contribution in [0.25, 0.3) is 0 Å². The monoisotopic (exact) mass is 375 g/mol. The minimum atomic E-state index is -3.64. The molecule has 0 unspecified atom stereocenters. The molecule has 0 saturated heterocycles. The highest BCUT2D eigenvalue weighted by molar-refractivity contribution is 7.89. The van der Waals surface area contributed by atoms with Crippen LogP contribution in [0.3, 0.4) is 0 Å². The molecule has 0 radical (unpaired) electrons. The summed E-state index contributed by atoms with van der Waals surface area (Å²) in [6.45, 7) is 1.90. The summed E-state index contributed by atoms with van der Waals surface area (Å²) < 4.78 is 25.3. The minimum absolute atomic E-state index is 0.00128. The fraction of sp³-hybridized carbons (Fsp3) is 0.222. The molecule has 26 heavy (non-hydrogen) atoms. The van der Waals surface area contributed by atoms with E-state index in [2.05, 4.69) is 10.9 Å². The predicted octanol–water partition coefficient (Wildman–Crippen LogP) is 1.25. The third kappa shape index (κ3) is 4.68. The Kier molecular flexibility index (Phi) is 6.12. The van der Waals surface area contributed by atoms with Crippen LogP contribution in [0.5, 0.6) is 0 Å². The summed E-state index contributed by atoms with van der Waals surface area (Å²) in [5, 5.41) is 0. The predicted molar refractivity (Wildman–Crippen MR) is 97.8 cm³/mol. The smallest absolute Gasteiger partial charge is 0.269 e. The van der Waals surface area contributed by atoms with E-state index >= 15 is 0 Å². The summed E-state index contributed by atoms with van der Waals surface area (Å²) in [7, 11) is -0.822. The van der Waals surface area contributed by atoms with Crippen molar-refractivity contribution in [3.05, 3.63) is 65.2 Å². The highest BCUT2D eigenvalue weighted by atomic mass is 32.2. The number of nitrogens with zero attached hydrogens (tertiary/aromatic N) is 1. The molecule has 0 aliphatic carbocycles. The molecule has 0 saturated carbocycles. The number of carbonyl (C=O) groups excluding carboxylic acids is 2. The van der Waals surface area contributed by atoms with Crippen molar-refractivity contribution in [1.29, 1.82) is 0 Å². The third-order valence-corrected chi connectivity index (χ3v) is 5.61. The SMILES string of the molecule is Cc1ccccc1CC(=O)NNC(=O)c1cccc(S(=O)(=O)N(C)C)c1. The Morgan fingerprint density at radius 2 is 1.69 bits per heavy atom. The third-order valence-electron chi connectivity index (χ3n) is 3.80. The first-order valence-corrected chi connectivity index (χ1v) is 9.32. The number of hydrogen-bond donors (Lipinski definition) is 2. The molecule has 2 aromatic rings. The van der Waals surface area contributed by atoms with Crippen molar-refractivity contribution in [2.45, 2.75) is 18.2 Å². The molecular weight excluding hydrogens is 354 g/mol. The van der Waals surface area contributed by atoms with Crippen LogP contribution in [0.1, 0.15) is 21.5 Å². The van der Waals surface area contributed by atoms with Gasteiger partial charge in [-0.2, -0.15) is 0 Å². The van der Waals surface area contributed by atoms with E-state index in [1.165, 1.54) is 38.4 Å². The fourth-order valence-corrected chi connectivity index (χ4v) is 3.18. The standard InChI is InChI=1S/C18H21N3O4S/c1-13-7-4-5-8-14(13)12-17(22)19-20-18(23)15-9-6-10-16(11-15)26(24,25)21(2)3/h4-11H,12H2,1-3H3,(H,19,22)(H,20,23). The highest BCUT2D eigenvalue weighted by Gasteiger charge is 2.19. The van der Waals surface area contributed by atoms with Crippen molar-refractivity contribution in [3.63, 3.8) is 0 Å². The Bertz CT molecular complexity index is 924. The topological polar surface area (TPSA) is 95.6 Å². The second kappa shape index (κ2) is 8.11. The van der Waals surface area contributed by atoms with E-state index in [1.807, 2.05) is 31.2 Å². The number of benzene rings is 2. The van der Waals surface area contributed by atoms with Crippen molar-refractivity contribution in [2.75, 3.05) is 14.1 Å². The largest absolute Gasteiger partial charge is 0.273 e. The first-order chi connectivity index (χ1) is 12.2. The average molecular weight is 375 g/mol. The molecule has 0 fully saturated rings. The molecule has 7 nitrogen and oxygen atoms in total. The van der Waals surface area contributed by atoms with Crippen molar-refractivity contribution in [3.8, 4) is 0 Å². The van der Waals surface area contributed by atoms with Gasteiger partial charge in [0.05, 0.1) is 11.3 Å². The molecule has 2 rings (SSSR count). The van der Waals surface area contributed by atoms with Gasteiger partial charge < -0.3 is 0 Å². The Hall–Kier alpha value is -2.71. The molecule has 0 heterocycles. The molecule has 0 atom stereocenters. The van der Waals surface area contributed by atoms with E-state index in [4.69, 9.17) is 0 Å². The fourth-order valence-electron chi connectivity index (χ4n) is 2.23. The number of sulfonamides is 1. The van der Waals surface area contributed by atoms with E-state index in [0.717, 1.165) is 15.4 Å². The van der Waals surface area contributed by atoms with Crippen LogP contribution in [0, 0.1) is 6.92 Å². The van der Waals surface area contributed by atoms with E-state index in [0.29, 0.717) is 0 Å². The Morgan fingerprint density at radius 1 is 1.00 bits per heavy atom. The summed E-state index contributed by atoms with van der Waals surface area (Å²) in [5.74, 6) is -0.969. The van der Waals surface area contributed by atoms with Gasteiger partial charge in [0, 0.05) is 19.7 Å². The van der Waals surface area contributed by atoms with Crippen LogP contribution in [-0.2, 0) is 21.2 Å². The Morgan fingerprint density at radius 3 is 2.35 bits per heavy atom. The molecule has 0 aliphatic heterocycles. The maximum atomic E-state index is 12.2. The first kappa shape index (κ1) is 19.6. The number of hydrazine groups is 1. The molecule has 138 valence electrons. The maximum absolute atomic E-state index is 12.2. The molecule has 2 amide bonds. The van der Waals surface area contributed by atoms with Gasteiger partial charge >= 0.3 is 0 Å². The molecular formula is C18H21N3O4S. The van der Waals surface area contributed by atoms with Crippen LogP contribution >= 0.6 is 0 Å². The minimum Gasteiger partial charge on any atom is -0.273 e. The Labute approximate surface area is 153 Å². The van der Waals surface area contributed by atoms with Crippen LogP contribution in [-0.4, -0.2) is 38.6 Å². The molecule has 2 N–H and O–H groups in total. The zero-order valence-corrected chi connectivity index (χ0v) is 15.6. The summed E-state index contributed by atoms with van der Waals surface area (Å²) in [4.78, 5) is 24.2. The number of nitrogens with one attached hydrogen (secondary N) is 2. The zero-order chi connectivity index (χ0) is 19.3. The van der Waals surface area contributed by atoms with E-state index in [-0.39, 0.29) is 22.8 Å². The van der Waals surface area contributed by atoms with Crippen molar-refractivity contribution < 1.29 is 18.0 Å². The lowest BCUT2D eigenvalue weighted by Crippen LogP contribution is -2.42. The summed E-state index contributed by atoms with van der Waals surface area (Å²) in [5.41, 5.74) is 6.61. The number of hydrogen-bond acceptors (Lipinski definition) is 4. The first-order valence-electron chi connectivity index (χ1n) is 7.88. The van der Waals surface area contributed by atoms with E-state index in [1.54, 1.807) is 0 Å². The second-order valence-electron chi connectivity index (χ2n) is 5.92. The van der Waals surface area contributed by atoms with Crippen molar-refractivity contribution in [2.24, 2.45) is 0 Å². The van der Waals surface area contributed by atoms with Crippen LogP contribution in [0.4, 0.5) is 0 Å².